The number of rotatable bonds is 3. The van der Waals surface area contributed by atoms with Crippen LogP contribution in [0.15, 0.2) is 77.6 Å². The summed E-state index contributed by atoms with van der Waals surface area (Å²) in [5.74, 6) is 0. The summed E-state index contributed by atoms with van der Waals surface area (Å²) in [4.78, 5) is 13.4. The second kappa shape index (κ2) is 7.05. The van der Waals surface area contributed by atoms with E-state index in [4.69, 9.17) is 11.6 Å². The largest absolute Gasteiger partial charge is 0.303 e. The van der Waals surface area contributed by atoms with Crippen molar-refractivity contribution in [2.24, 2.45) is 0 Å². The molecule has 1 aromatic heterocycles. The van der Waals surface area contributed by atoms with Gasteiger partial charge in [-0.1, -0.05) is 71.8 Å². The van der Waals surface area contributed by atoms with Crippen LogP contribution in [0.2, 0.25) is 5.02 Å². The van der Waals surface area contributed by atoms with E-state index in [1.807, 2.05) is 47.0 Å². The van der Waals surface area contributed by atoms with Gasteiger partial charge in [-0.05, 0) is 54.1 Å². The Balaban J connectivity index is 1.98. The van der Waals surface area contributed by atoms with E-state index in [2.05, 4.69) is 38.1 Å². The van der Waals surface area contributed by atoms with Crippen molar-refractivity contribution in [2.75, 3.05) is 0 Å². The smallest absolute Gasteiger partial charge is 0.259 e. The fourth-order valence-corrected chi connectivity index (χ4v) is 3.69. The number of aromatic nitrogens is 1. The summed E-state index contributed by atoms with van der Waals surface area (Å²) in [5.41, 5.74) is 5.46. The summed E-state index contributed by atoms with van der Waals surface area (Å²) < 4.78 is 1.85. The molecular formula is C24H20ClNO. The van der Waals surface area contributed by atoms with Gasteiger partial charge in [-0.25, -0.2) is 0 Å². The van der Waals surface area contributed by atoms with Crippen molar-refractivity contribution in [1.82, 2.24) is 4.57 Å². The summed E-state index contributed by atoms with van der Waals surface area (Å²) in [6, 6.07) is 24.0. The first kappa shape index (κ1) is 17.6. The maximum Gasteiger partial charge on any atom is 0.259 e. The van der Waals surface area contributed by atoms with Crippen molar-refractivity contribution in [3.8, 4) is 11.3 Å². The Morgan fingerprint density at radius 1 is 0.889 bits per heavy atom. The van der Waals surface area contributed by atoms with Crippen LogP contribution in [0.1, 0.15) is 16.7 Å². The lowest BCUT2D eigenvalue weighted by molar-refractivity contribution is 0.772. The third-order valence-electron chi connectivity index (χ3n) is 4.97. The van der Waals surface area contributed by atoms with E-state index in [0.717, 1.165) is 22.2 Å². The normalized spacial score (nSPS) is 11.1. The molecule has 0 amide bonds. The summed E-state index contributed by atoms with van der Waals surface area (Å²) in [6.07, 6.45) is 0. The maximum atomic E-state index is 13.4. The second-order valence-corrected chi connectivity index (χ2v) is 7.38. The van der Waals surface area contributed by atoms with E-state index >= 15 is 0 Å². The molecule has 0 N–H and O–H groups in total. The molecule has 0 radical (unpaired) electrons. The Morgan fingerprint density at radius 3 is 2.41 bits per heavy atom. The van der Waals surface area contributed by atoms with Gasteiger partial charge in [0, 0.05) is 10.4 Å². The maximum absolute atomic E-state index is 13.4. The molecule has 0 bridgehead atoms. The highest BCUT2D eigenvalue weighted by molar-refractivity contribution is 6.31. The molecule has 2 nitrogen and oxygen atoms in total. The van der Waals surface area contributed by atoms with Crippen LogP contribution in [0.4, 0.5) is 0 Å². The molecule has 0 spiro atoms. The lowest BCUT2D eigenvalue weighted by atomic mass is 10.0. The van der Waals surface area contributed by atoms with Crippen LogP contribution in [-0.2, 0) is 6.54 Å². The fourth-order valence-electron chi connectivity index (χ4n) is 3.52. The number of aryl methyl sites for hydroxylation is 2. The van der Waals surface area contributed by atoms with Gasteiger partial charge in [0.05, 0.1) is 12.2 Å². The molecule has 4 rings (SSSR count). The monoisotopic (exact) mass is 373 g/mol. The lowest BCUT2D eigenvalue weighted by Gasteiger charge is -2.16. The number of fused-ring (bicyclic) bond motifs is 1. The van der Waals surface area contributed by atoms with Crippen LogP contribution >= 0.6 is 11.6 Å². The van der Waals surface area contributed by atoms with Crippen molar-refractivity contribution in [3.05, 3.63) is 105 Å². The Morgan fingerprint density at radius 2 is 1.67 bits per heavy atom. The molecule has 3 heteroatoms. The molecule has 0 atom stereocenters. The van der Waals surface area contributed by atoms with E-state index in [1.165, 1.54) is 11.1 Å². The topological polar surface area (TPSA) is 22.0 Å². The lowest BCUT2D eigenvalue weighted by Crippen LogP contribution is -2.23. The van der Waals surface area contributed by atoms with Crippen molar-refractivity contribution < 1.29 is 0 Å². The van der Waals surface area contributed by atoms with Gasteiger partial charge < -0.3 is 4.57 Å². The van der Waals surface area contributed by atoms with Gasteiger partial charge >= 0.3 is 0 Å². The van der Waals surface area contributed by atoms with E-state index in [9.17, 15) is 4.79 Å². The standard InChI is InChI=1S/C24H20ClNO/c1-16-8-9-20(17(2)12-16)15-26-23(18-6-4-3-5-7-18)13-19-10-11-21(25)14-22(19)24(26)27/h3-14H,15H2,1-2H3. The minimum Gasteiger partial charge on any atom is -0.303 e. The summed E-state index contributed by atoms with van der Waals surface area (Å²) in [6.45, 7) is 4.70. The predicted molar refractivity (Wildman–Crippen MR) is 114 cm³/mol. The van der Waals surface area contributed by atoms with Gasteiger partial charge in [0.25, 0.3) is 5.56 Å². The van der Waals surface area contributed by atoms with Gasteiger partial charge in [0.1, 0.15) is 0 Å². The Bertz CT molecular complexity index is 1190. The third kappa shape index (κ3) is 3.41. The molecule has 0 fully saturated rings. The molecule has 0 aliphatic carbocycles. The summed E-state index contributed by atoms with van der Waals surface area (Å²) >= 11 is 6.15. The fraction of sp³-hybridized carbons (Fsp3) is 0.125. The molecule has 0 saturated heterocycles. The number of nitrogens with zero attached hydrogens (tertiary/aromatic N) is 1. The van der Waals surface area contributed by atoms with Crippen LogP contribution in [-0.4, -0.2) is 4.57 Å². The predicted octanol–water partition coefficient (Wildman–Crippen LogP) is 5.99. The Kier molecular flexibility index (Phi) is 4.59. The van der Waals surface area contributed by atoms with E-state index in [1.54, 1.807) is 6.07 Å². The zero-order valence-corrected chi connectivity index (χ0v) is 16.1. The van der Waals surface area contributed by atoms with Crippen molar-refractivity contribution >= 4 is 22.4 Å². The van der Waals surface area contributed by atoms with Gasteiger partial charge in [-0.15, -0.1) is 0 Å². The average molecular weight is 374 g/mol. The molecular weight excluding hydrogens is 354 g/mol. The zero-order valence-electron chi connectivity index (χ0n) is 15.4. The minimum atomic E-state index is -0.0196. The molecule has 134 valence electrons. The summed E-state index contributed by atoms with van der Waals surface area (Å²) in [5, 5.41) is 2.12. The zero-order chi connectivity index (χ0) is 19.0. The first-order valence-electron chi connectivity index (χ1n) is 8.97. The number of halogens is 1. The highest BCUT2D eigenvalue weighted by Gasteiger charge is 2.13. The van der Waals surface area contributed by atoms with E-state index in [0.29, 0.717) is 17.0 Å². The number of hydrogen-bond donors (Lipinski definition) is 0. The van der Waals surface area contributed by atoms with Crippen LogP contribution < -0.4 is 5.56 Å². The van der Waals surface area contributed by atoms with Crippen molar-refractivity contribution in [2.45, 2.75) is 20.4 Å². The SMILES string of the molecule is Cc1ccc(Cn2c(-c3ccccc3)cc3ccc(Cl)cc3c2=O)c(C)c1. The first-order valence-corrected chi connectivity index (χ1v) is 9.35. The number of benzene rings is 3. The third-order valence-corrected chi connectivity index (χ3v) is 5.21. The molecule has 27 heavy (non-hydrogen) atoms. The minimum absolute atomic E-state index is 0.0196. The van der Waals surface area contributed by atoms with Crippen molar-refractivity contribution in [1.29, 1.82) is 0 Å². The number of hydrogen-bond acceptors (Lipinski definition) is 1. The summed E-state index contributed by atoms with van der Waals surface area (Å²) in [7, 11) is 0. The Hall–Kier alpha value is -2.84. The van der Waals surface area contributed by atoms with Crippen LogP contribution in [0.5, 0.6) is 0 Å². The Labute approximate surface area is 163 Å². The second-order valence-electron chi connectivity index (χ2n) is 6.95. The molecule has 3 aromatic carbocycles. The van der Waals surface area contributed by atoms with Crippen LogP contribution in [0.3, 0.4) is 0 Å². The molecule has 0 aliphatic heterocycles. The average Bonchev–Trinajstić information content (AvgIpc) is 2.67. The molecule has 0 saturated carbocycles. The highest BCUT2D eigenvalue weighted by atomic mass is 35.5. The molecule has 0 aliphatic rings. The first-order chi connectivity index (χ1) is 13.0. The van der Waals surface area contributed by atoms with Gasteiger partial charge in [0.15, 0.2) is 0 Å². The van der Waals surface area contributed by atoms with E-state index < -0.39 is 0 Å². The van der Waals surface area contributed by atoms with Crippen molar-refractivity contribution in [3.63, 3.8) is 0 Å². The van der Waals surface area contributed by atoms with Crippen LogP contribution in [0, 0.1) is 13.8 Å². The highest BCUT2D eigenvalue weighted by Crippen LogP contribution is 2.25. The van der Waals surface area contributed by atoms with E-state index in [-0.39, 0.29) is 5.56 Å². The molecule has 1 heterocycles. The number of pyridine rings is 1. The quantitative estimate of drug-likeness (QED) is 0.432. The van der Waals surface area contributed by atoms with Gasteiger partial charge in [0.2, 0.25) is 0 Å². The molecule has 0 unspecified atom stereocenters. The van der Waals surface area contributed by atoms with Gasteiger partial charge in [-0.2, -0.15) is 0 Å². The van der Waals surface area contributed by atoms with Gasteiger partial charge in [-0.3, -0.25) is 4.79 Å². The van der Waals surface area contributed by atoms with Crippen LogP contribution in [0.25, 0.3) is 22.0 Å². The molecule has 4 aromatic rings.